The van der Waals surface area contributed by atoms with Crippen LogP contribution in [0.15, 0.2) is 42.5 Å². The fourth-order valence-electron chi connectivity index (χ4n) is 3.60. The van der Waals surface area contributed by atoms with Gasteiger partial charge in [0, 0.05) is 24.1 Å². The highest BCUT2D eigenvalue weighted by Crippen LogP contribution is 2.29. The van der Waals surface area contributed by atoms with Gasteiger partial charge < -0.3 is 15.5 Å². The van der Waals surface area contributed by atoms with E-state index >= 15 is 0 Å². The Balaban J connectivity index is 1.83. The molecule has 0 bridgehead atoms. The highest BCUT2D eigenvalue weighted by molar-refractivity contribution is 6.42. The Hall–Kier alpha value is -3.17. The van der Waals surface area contributed by atoms with E-state index in [1.807, 2.05) is 27.7 Å². The zero-order chi connectivity index (χ0) is 28.0. The van der Waals surface area contributed by atoms with Crippen LogP contribution in [0.3, 0.4) is 0 Å². The smallest absolute Gasteiger partial charge is 0.315 e. The fourth-order valence-corrected chi connectivity index (χ4v) is 3.89. The van der Waals surface area contributed by atoms with E-state index in [1.165, 1.54) is 4.90 Å². The van der Waals surface area contributed by atoms with E-state index in [2.05, 4.69) is 15.7 Å². The van der Waals surface area contributed by atoms with Gasteiger partial charge >= 0.3 is 6.03 Å². The van der Waals surface area contributed by atoms with Crippen LogP contribution in [0, 0.1) is 11.6 Å². The van der Waals surface area contributed by atoms with Crippen LogP contribution in [0.4, 0.5) is 25.1 Å². The number of nitrogens with one attached hydrogen (secondary N) is 2. The maximum Gasteiger partial charge on any atom is 0.322 e. The van der Waals surface area contributed by atoms with Crippen molar-refractivity contribution in [3.63, 3.8) is 0 Å². The molecule has 38 heavy (non-hydrogen) atoms. The minimum Gasteiger partial charge on any atom is -0.315 e. The fraction of sp³-hybridized carbons (Fsp3) is 0.370. The van der Waals surface area contributed by atoms with E-state index in [9.17, 15) is 18.4 Å². The van der Waals surface area contributed by atoms with Gasteiger partial charge in [0.1, 0.15) is 24.0 Å². The number of halogens is 4. The first-order valence-electron chi connectivity index (χ1n) is 12.3. The van der Waals surface area contributed by atoms with Crippen molar-refractivity contribution < 1.29 is 18.4 Å². The summed E-state index contributed by atoms with van der Waals surface area (Å²) in [7, 11) is 0. The Morgan fingerprint density at radius 3 is 2.37 bits per heavy atom. The minimum absolute atomic E-state index is 0.176. The molecule has 0 fully saturated rings. The lowest BCUT2D eigenvalue weighted by atomic mass is 9.92. The first-order valence-corrected chi connectivity index (χ1v) is 13.0. The molecule has 204 valence electrons. The molecule has 2 N–H and O–H groups in total. The molecule has 1 aromatic heterocycles. The molecule has 0 atom stereocenters. The number of hydrogen-bond donors (Lipinski definition) is 2. The van der Waals surface area contributed by atoms with E-state index < -0.39 is 23.6 Å². The van der Waals surface area contributed by atoms with Gasteiger partial charge in [-0.25, -0.2) is 18.3 Å². The van der Waals surface area contributed by atoms with Crippen molar-refractivity contribution in [1.82, 2.24) is 14.7 Å². The van der Waals surface area contributed by atoms with Crippen molar-refractivity contribution in [2.75, 3.05) is 23.7 Å². The number of anilines is 2. The Morgan fingerprint density at radius 2 is 1.74 bits per heavy atom. The third-order valence-electron chi connectivity index (χ3n) is 5.72. The van der Waals surface area contributed by atoms with Crippen molar-refractivity contribution in [3.05, 3.63) is 69.8 Å². The summed E-state index contributed by atoms with van der Waals surface area (Å²) in [5.41, 5.74) is 0.828. The summed E-state index contributed by atoms with van der Waals surface area (Å²) < 4.78 is 28.9. The summed E-state index contributed by atoms with van der Waals surface area (Å²) in [6, 6.07) is 8.95. The van der Waals surface area contributed by atoms with Crippen molar-refractivity contribution >= 4 is 46.6 Å². The molecular formula is C27H31Cl2F2N5O2. The Labute approximate surface area is 231 Å². The number of amides is 3. The highest BCUT2D eigenvalue weighted by Gasteiger charge is 2.24. The van der Waals surface area contributed by atoms with Gasteiger partial charge in [0.05, 0.1) is 27.1 Å². The van der Waals surface area contributed by atoms with Gasteiger partial charge in [0.2, 0.25) is 5.91 Å². The molecule has 0 aliphatic heterocycles. The van der Waals surface area contributed by atoms with Crippen LogP contribution in [0.5, 0.6) is 0 Å². The molecule has 0 aliphatic carbocycles. The zero-order valence-electron chi connectivity index (χ0n) is 21.7. The van der Waals surface area contributed by atoms with Crippen molar-refractivity contribution in [2.45, 2.75) is 52.4 Å². The molecule has 7 nitrogen and oxygen atoms in total. The lowest BCUT2D eigenvalue weighted by molar-refractivity contribution is -0.116. The number of hydrogen-bond acceptors (Lipinski definition) is 3. The average molecular weight is 566 g/mol. The van der Waals surface area contributed by atoms with Gasteiger partial charge in [0.15, 0.2) is 0 Å². The molecule has 2 aromatic carbocycles. The highest BCUT2D eigenvalue weighted by atomic mass is 35.5. The SMILES string of the molecule is CCCCCN(CC(=O)Nc1cc(C(C)(C)C)nn1-c1ccc(Cl)c(Cl)c1)C(=O)Nc1ccc(F)cc1F. The first-order chi connectivity index (χ1) is 17.9. The predicted molar refractivity (Wildman–Crippen MR) is 147 cm³/mol. The number of urea groups is 1. The molecule has 3 rings (SSSR count). The molecule has 0 spiro atoms. The first kappa shape index (κ1) is 29.4. The topological polar surface area (TPSA) is 79.3 Å². The molecule has 0 saturated heterocycles. The summed E-state index contributed by atoms with van der Waals surface area (Å²) >= 11 is 12.3. The lowest BCUT2D eigenvalue weighted by Crippen LogP contribution is -2.41. The van der Waals surface area contributed by atoms with Crippen molar-refractivity contribution in [3.8, 4) is 5.69 Å². The standard InChI is InChI=1S/C27H31Cl2F2N5O2/c1-5-6-7-12-35(26(38)32-22-11-8-17(30)13-21(22)31)16-25(37)33-24-15-23(27(2,3)4)34-36(24)18-9-10-19(28)20(29)14-18/h8-11,13-15H,5-7,12,16H2,1-4H3,(H,32,38)(H,33,37). The zero-order valence-corrected chi connectivity index (χ0v) is 23.3. The largest absolute Gasteiger partial charge is 0.322 e. The number of carbonyl (C=O) groups is 2. The van der Waals surface area contributed by atoms with Gasteiger partial charge in [0.25, 0.3) is 0 Å². The predicted octanol–water partition coefficient (Wildman–Crippen LogP) is 7.42. The van der Waals surface area contributed by atoms with E-state index in [4.69, 9.17) is 23.2 Å². The van der Waals surface area contributed by atoms with Crippen LogP contribution >= 0.6 is 23.2 Å². The maximum absolute atomic E-state index is 14.1. The lowest BCUT2D eigenvalue weighted by Gasteiger charge is -2.23. The Bertz CT molecular complexity index is 1310. The molecule has 3 aromatic rings. The second kappa shape index (κ2) is 12.6. The summed E-state index contributed by atoms with van der Waals surface area (Å²) in [6.45, 7) is 7.98. The monoisotopic (exact) mass is 565 g/mol. The van der Waals surface area contributed by atoms with E-state index in [0.29, 0.717) is 34.0 Å². The van der Waals surface area contributed by atoms with E-state index in [1.54, 1.807) is 28.9 Å². The maximum atomic E-state index is 14.1. The number of nitrogens with zero attached hydrogens (tertiary/aromatic N) is 3. The van der Waals surface area contributed by atoms with Crippen LogP contribution in [0.2, 0.25) is 10.0 Å². The summed E-state index contributed by atoms with van der Waals surface area (Å²) in [6.07, 6.45) is 2.40. The molecule has 1 heterocycles. The van der Waals surface area contributed by atoms with Gasteiger partial charge in [-0.3, -0.25) is 4.79 Å². The van der Waals surface area contributed by atoms with Crippen LogP contribution in [-0.4, -0.2) is 39.7 Å². The molecular weight excluding hydrogens is 535 g/mol. The third-order valence-corrected chi connectivity index (χ3v) is 6.46. The van der Waals surface area contributed by atoms with Crippen LogP contribution in [0.1, 0.15) is 52.7 Å². The molecule has 0 aliphatic rings. The van der Waals surface area contributed by atoms with Gasteiger partial charge in [-0.1, -0.05) is 63.7 Å². The molecule has 11 heteroatoms. The molecule has 0 saturated carbocycles. The summed E-state index contributed by atoms with van der Waals surface area (Å²) in [5, 5.41) is 10.6. The number of aromatic nitrogens is 2. The molecule has 3 amide bonds. The van der Waals surface area contributed by atoms with Crippen molar-refractivity contribution in [2.24, 2.45) is 0 Å². The number of unbranched alkanes of at least 4 members (excludes halogenated alkanes) is 2. The molecule has 0 radical (unpaired) electrons. The van der Waals surface area contributed by atoms with Crippen LogP contribution in [0.25, 0.3) is 5.69 Å². The van der Waals surface area contributed by atoms with Gasteiger partial charge in [-0.05, 0) is 36.8 Å². The third kappa shape index (κ3) is 7.68. The average Bonchev–Trinajstić information content (AvgIpc) is 3.26. The van der Waals surface area contributed by atoms with E-state index in [0.717, 1.165) is 30.7 Å². The summed E-state index contributed by atoms with van der Waals surface area (Å²) in [4.78, 5) is 27.4. The number of benzene rings is 2. The normalized spacial score (nSPS) is 11.4. The minimum atomic E-state index is -0.906. The van der Waals surface area contributed by atoms with Gasteiger partial charge in [-0.2, -0.15) is 5.10 Å². The van der Waals surface area contributed by atoms with Crippen LogP contribution < -0.4 is 10.6 Å². The van der Waals surface area contributed by atoms with E-state index in [-0.39, 0.29) is 24.2 Å². The second-order valence-corrected chi connectivity index (χ2v) is 10.7. The van der Waals surface area contributed by atoms with Crippen LogP contribution in [-0.2, 0) is 10.2 Å². The van der Waals surface area contributed by atoms with Crippen molar-refractivity contribution in [1.29, 1.82) is 0 Å². The number of carbonyl (C=O) groups excluding carboxylic acids is 2. The quantitative estimate of drug-likeness (QED) is 0.265. The number of rotatable bonds is 9. The second-order valence-electron chi connectivity index (χ2n) is 9.91. The van der Waals surface area contributed by atoms with Gasteiger partial charge in [-0.15, -0.1) is 0 Å². The summed E-state index contributed by atoms with van der Waals surface area (Å²) in [5.74, 6) is -1.75. The Morgan fingerprint density at radius 1 is 1.00 bits per heavy atom. The Kier molecular flexibility index (Phi) is 9.73. The molecule has 0 unspecified atom stereocenters.